The molecule has 18 heteroatoms. The summed E-state index contributed by atoms with van der Waals surface area (Å²) in [6, 6.07) is 7.04. The number of phenolic OH excluding ortho intramolecular Hbond substituents is 1. The van der Waals surface area contributed by atoms with Crippen LogP contribution in [0.3, 0.4) is 0 Å². The van der Waals surface area contributed by atoms with E-state index in [1.165, 1.54) is 38.8 Å². The second-order valence-electron chi connectivity index (χ2n) is 17.2. The molecule has 9 rings (SSSR count). The van der Waals surface area contributed by atoms with E-state index >= 15 is 0 Å². The van der Waals surface area contributed by atoms with Crippen LogP contribution in [0.25, 0.3) is 6.08 Å². The summed E-state index contributed by atoms with van der Waals surface area (Å²) in [4.78, 5) is 69.5. The molecule has 0 spiro atoms. The van der Waals surface area contributed by atoms with Crippen molar-refractivity contribution in [1.29, 1.82) is 5.26 Å². The summed E-state index contributed by atoms with van der Waals surface area (Å²) < 4.78 is 30.0. The van der Waals surface area contributed by atoms with E-state index in [2.05, 4.69) is 27.3 Å². The summed E-state index contributed by atoms with van der Waals surface area (Å²) in [5.74, 6) is -2.33. The molecule has 17 nitrogen and oxygen atoms in total. The van der Waals surface area contributed by atoms with Gasteiger partial charge < -0.3 is 50.1 Å². The SMILES string of the molecule is COc1c(C)cc2c(c1O)[C@H]1N[C@@H](C2)[C@H](C#N)N2C1[C@@H]1SC[C@H](NC(=O)C(NC(=O)C(C)NC(=O)/C=C/c3ccccc3)C(C)C)C(=O)OC[C@H]2c2c3c(c(C)c(OC(C)=O)c21)OCO3. The number of esters is 2. The quantitative estimate of drug-likeness (QED) is 0.111. The highest BCUT2D eigenvalue weighted by molar-refractivity contribution is 7.99. The number of methoxy groups -OCH3 is 1. The number of hydrogen-bond donors (Lipinski definition) is 5. The topological polar surface area (TPSA) is 227 Å². The van der Waals surface area contributed by atoms with Crippen molar-refractivity contribution in [3.8, 4) is 34.8 Å². The Morgan fingerprint density at radius 2 is 1.75 bits per heavy atom. The Labute approximate surface area is 380 Å². The number of phenols is 1. The van der Waals surface area contributed by atoms with Crippen molar-refractivity contribution in [1.82, 2.24) is 26.2 Å². The summed E-state index contributed by atoms with van der Waals surface area (Å²) in [5.41, 5.74) is 4.63. The minimum Gasteiger partial charge on any atom is -0.504 e. The first-order valence-corrected chi connectivity index (χ1v) is 22.6. The van der Waals surface area contributed by atoms with Crippen LogP contribution in [0.15, 0.2) is 42.5 Å². The first-order chi connectivity index (χ1) is 31.1. The summed E-state index contributed by atoms with van der Waals surface area (Å²) >= 11 is 1.29. The van der Waals surface area contributed by atoms with Crippen LogP contribution in [0.1, 0.15) is 84.0 Å². The second kappa shape index (κ2) is 18.3. The Kier molecular flexibility index (Phi) is 12.7. The number of carbonyl (C=O) groups excluding carboxylic acids is 5. The first-order valence-electron chi connectivity index (χ1n) is 21.5. The van der Waals surface area contributed by atoms with Crippen molar-refractivity contribution < 1.29 is 52.8 Å². The maximum atomic E-state index is 14.2. The van der Waals surface area contributed by atoms with Crippen molar-refractivity contribution in [2.45, 2.75) is 102 Å². The van der Waals surface area contributed by atoms with Gasteiger partial charge in [0.05, 0.1) is 30.5 Å². The standard InChI is InChI=1S/C47H52N6O11S/c1-21(2)36(52-45(57)24(5)49-32(55)14-13-26-11-9-8-10-12-26)46(58)51-29-19-65-44-35-34(43-42(62-20-63-43)23(4)41(35)64-25(6)54)31(18-61-47(29)59)53-30(17-48)28-16-27-15-22(3)40(60-7)39(56)33(27)37(50-28)38(44)53/h8-15,21,24,28-31,36-38,44,50,56H,16,18-20H2,1-7H3,(H,49,55)(H,51,58)(H,52,57)/b14-13+/t24?,28-,29-,30-,31-,36?,37+,38?,44+/m0/s1. The van der Waals surface area contributed by atoms with Crippen LogP contribution in [0, 0.1) is 31.1 Å². The zero-order valence-electron chi connectivity index (χ0n) is 37.1. The highest BCUT2D eigenvalue weighted by atomic mass is 32.2. The molecule has 342 valence electrons. The maximum absolute atomic E-state index is 14.2. The molecule has 3 unspecified atom stereocenters. The van der Waals surface area contributed by atoms with Gasteiger partial charge in [0.15, 0.2) is 23.0 Å². The van der Waals surface area contributed by atoms with Gasteiger partial charge in [-0.3, -0.25) is 24.1 Å². The van der Waals surface area contributed by atoms with E-state index in [1.807, 2.05) is 48.2 Å². The number of carbonyl (C=O) groups is 5. The molecule has 5 N–H and O–H groups in total. The molecule has 0 radical (unpaired) electrons. The highest BCUT2D eigenvalue weighted by Gasteiger charge is 2.59. The lowest BCUT2D eigenvalue weighted by Crippen LogP contribution is -2.69. The van der Waals surface area contributed by atoms with E-state index in [0.29, 0.717) is 45.9 Å². The van der Waals surface area contributed by atoms with Gasteiger partial charge in [-0.25, -0.2) is 4.79 Å². The zero-order chi connectivity index (χ0) is 46.4. The number of hydrogen-bond acceptors (Lipinski definition) is 15. The predicted molar refractivity (Wildman–Crippen MR) is 237 cm³/mol. The number of ether oxygens (including phenoxy) is 5. The van der Waals surface area contributed by atoms with E-state index in [-0.39, 0.29) is 30.7 Å². The third-order valence-corrected chi connectivity index (χ3v) is 14.1. The molecule has 6 heterocycles. The van der Waals surface area contributed by atoms with Crippen molar-refractivity contribution in [2.24, 2.45) is 5.92 Å². The number of nitrogens with zero attached hydrogens (tertiary/aromatic N) is 2. The summed E-state index contributed by atoms with van der Waals surface area (Å²) in [5, 5.41) is 34.1. The monoisotopic (exact) mass is 908 g/mol. The van der Waals surface area contributed by atoms with Gasteiger partial charge in [0.25, 0.3) is 0 Å². The van der Waals surface area contributed by atoms with Crippen molar-refractivity contribution in [2.75, 3.05) is 26.3 Å². The number of rotatable bonds is 10. The second-order valence-corrected chi connectivity index (χ2v) is 18.4. The summed E-state index contributed by atoms with van der Waals surface area (Å²) in [7, 11) is 1.49. The Morgan fingerprint density at radius 3 is 2.45 bits per heavy atom. The first kappa shape index (κ1) is 45.3. The van der Waals surface area contributed by atoms with Gasteiger partial charge in [-0.15, -0.1) is 11.8 Å². The average molecular weight is 909 g/mol. The third kappa shape index (κ3) is 8.32. The Balaban J connectivity index is 1.14. The van der Waals surface area contributed by atoms with E-state index in [9.17, 15) is 34.3 Å². The van der Waals surface area contributed by atoms with Crippen molar-refractivity contribution in [3.05, 3.63) is 81.4 Å². The fourth-order valence-electron chi connectivity index (χ4n) is 9.81. The Bertz CT molecular complexity index is 2510. The molecule has 0 aliphatic carbocycles. The number of nitrogens with one attached hydrogen (secondary N) is 4. The number of aryl methyl sites for hydroxylation is 1. The number of nitriles is 1. The molecular formula is C47H52N6O11S. The van der Waals surface area contributed by atoms with Crippen LogP contribution in [-0.2, 0) is 35.1 Å². The smallest absolute Gasteiger partial charge is 0.329 e. The van der Waals surface area contributed by atoms with Gasteiger partial charge in [-0.1, -0.05) is 50.2 Å². The lowest BCUT2D eigenvalue weighted by Gasteiger charge is -2.59. The highest BCUT2D eigenvalue weighted by Crippen LogP contribution is 2.62. The molecule has 0 aromatic heterocycles. The Hall–Kier alpha value is -6.29. The minimum atomic E-state index is -1.24. The van der Waals surface area contributed by atoms with Gasteiger partial charge >= 0.3 is 11.9 Å². The van der Waals surface area contributed by atoms with Gasteiger partial charge in [0.1, 0.15) is 36.5 Å². The molecule has 9 atom stereocenters. The largest absolute Gasteiger partial charge is 0.504 e. The normalized spacial score (nSPS) is 24.9. The molecule has 3 aromatic carbocycles. The molecule has 6 aliphatic rings. The molecule has 3 aromatic rings. The lowest BCUT2D eigenvalue weighted by atomic mass is 9.72. The van der Waals surface area contributed by atoms with Crippen molar-refractivity contribution >= 4 is 47.5 Å². The van der Waals surface area contributed by atoms with Crippen LogP contribution in [0.2, 0.25) is 0 Å². The number of aromatic hydroxyl groups is 1. The predicted octanol–water partition coefficient (Wildman–Crippen LogP) is 3.73. The molecule has 4 bridgehead atoms. The van der Waals surface area contributed by atoms with Crippen LogP contribution >= 0.6 is 11.8 Å². The van der Waals surface area contributed by atoms with Gasteiger partial charge in [-0.2, -0.15) is 5.26 Å². The molecule has 2 fully saturated rings. The van der Waals surface area contributed by atoms with E-state index in [1.54, 1.807) is 26.8 Å². The number of thioether (sulfide) groups is 1. The van der Waals surface area contributed by atoms with Gasteiger partial charge in [-0.05, 0) is 55.9 Å². The Morgan fingerprint density at radius 1 is 1.02 bits per heavy atom. The summed E-state index contributed by atoms with van der Waals surface area (Å²) in [6.45, 7) is 9.48. The third-order valence-electron chi connectivity index (χ3n) is 12.7. The van der Waals surface area contributed by atoms with E-state index in [0.717, 1.165) is 16.7 Å². The van der Waals surface area contributed by atoms with E-state index < -0.39 is 89.2 Å². The molecular weight excluding hydrogens is 857 g/mol. The maximum Gasteiger partial charge on any atom is 0.329 e. The summed E-state index contributed by atoms with van der Waals surface area (Å²) in [6.07, 6.45) is 3.35. The number of benzene rings is 3. The number of piperazine rings is 1. The van der Waals surface area contributed by atoms with Gasteiger partial charge in [0.2, 0.25) is 24.5 Å². The zero-order valence-corrected chi connectivity index (χ0v) is 37.9. The molecule has 65 heavy (non-hydrogen) atoms. The van der Waals surface area contributed by atoms with E-state index in [4.69, 9.17) is 23.7 Å². The lowest BCUT2D eigenvalue weighted by molar-refractivity contribution is -0.151. The van der Waals surface area contributed by atoms with Crippen LogP contribution in [-0.4, -0.2) is 102 Å². The van der Waals surface area contributed by atoms with Crippen LogP contribution in [0.4, 0.5) is 0 Å². The fraction of sp³-hybridized carbons (Fsp3) is 0.447. The fourth-order valence-corrected chi connectivity index (χ4v) is 11.3. The minimum absolute atomic E-state index is 0.0371. The number of amides is 3. The van der Waals surface area contributed by atoms with Crippen LogP contribution in [0.5, 0.6) is 28.7 Å². The molecule has 2 saturated heterocycles. The van der Waals surface area contributed by atoms with Crippen molar-refractivity contribution in [3.63, 3.8) is 0 Å². The number of fused-ring (bicyclic) bond motifs is 10. The average Bonchev–Trinajstić information content (AvgIpc) is 3.77. The van der Waals surface area contributed by atoms with Gasteiger partial charge in [0, 0.05) is 53.1 Å². The van der Waals surface area contributed by atoms with Crippen LogP contribution < -0.4 is 40.2 Å². The molecule has 6 aliphatic heterocycles. The molecule has 0 saturated carbocycles. The molecule has 3 amide bonds.